The number of halogens is 2. The van der Waals surface area contributed by atoms with Gasteiger partial charge in [-0.25, -0.2) is 17.9 Å². The summed E-state index contributed by atoms with van der Waals surface area (Å²) < 4.78 is 35.4. The normalized spacial score (nSPS) is 12.7. The first-order chi connectivity index (χ1) is 10.7. The number of primary sulfonamides is 1. The van der Waals surface area contributed by atoms with Gasteiger partial charge in [0.15, 0.2) is 0 Å². The quantitative estimate of drug-likeness (QED) is 0.882. The molecule has 0 aliphatic heterocycles. The van der Waals surface area contributed by atoms with E-state index in [0.29, 0.717) is 5.56 Å². The Kier molecular flexibility index (Phi) is 5.03. The second-order valence-electron chi connectivity index (χ2n) is 4.93. The van der Waals surface area contributed by atoms with Gasteiger partial charge in [0.2, 0.25) is 10.0 Å². The minimum atomic E-state index is -3.76. The molecule has 122 valence electrons. The van der Waals surface area contributed by atoms with Crippen LogP contribution in [0.15, 0.2) is 47.4 Å². The predicted molar refractivity (Wildman–Crippen MR) is 85.1 cm³/mol. The van der Waals surface area contributed by atoms with Crippen LogP contribution in [0.4, 0.5) is 4.39 Å². The summed E-state index contributed by atoms with van der Waals surface area (Å²) in [6.45, 7) is 1.72. The van der Waals surface area contributed by atoms with Crippen LogP contribution < -0.4 is 10.5 Å². The molecule has 1 atom stereocenters. The average Bonchev–Trinajstić information content (AvgIpc) is 2.46. The molecule has 0 heterocycles. The van der Waals surface area contributed by atoms with Crippen LogP contribution in [0.3, 0.4) is 0 Å². The topological polar surface area (TPSA) is 89.3 Å². The third kappa shape index (κ3) is 4.28. The largest absolute Gasteiger partial charge is 0.345 e. The first kappa shape index (κ1) is 17.4. The average molecular weight is 357 g/mol. The zero-order valence-corrected chi connectivity index (χ0v) is 13.7. The van der Waals surface area contributed by atoms with Crippen LogP contribution in [0.25, 0.3) is 0 Å². The summed E-state index contributed by atoms with van der Waals surface area (Å²) in [6, 6.07) is 8.92. The van der Waals surface area contributed by atoms with Crippen molar-refractivity contribution in [1.29, 1.82) is 0 Å². The number of hydrogen-bond donors (Lipinski definition) is 2. The van der Waals surface area contributed by atoms with Crippen molar-refractivity contribution in [2.75, 3.05) is 0 Å². The molecular formula is C15H14ClFN2O3S. The second-order valence-corrected chi connectivity index (χ2v) is 6.90. The SMILES string of the molecule is CC(NC(=O)c1ccc(F)cc1Cl)c1ccc(S(N)(=O)=O)cc1. The lowest BCUT2D eigenvalue weighted by atomic mass is 10.1. The van der Waals surface area contributed by atoms with Crippen molar-refractivity contribution in [3.63, 3.8) is 0 Å². The van der Waals surface area contributed by atoms with E-state index in [1.165, 1.54) is 18.2 Å². The molecule has 0 saturated heterocycles. The van der Waals surface area contributed by atoms with E-state index >= 15 is 0 Å². The fraction of sp³-hybridized carbons (Fsp3) is 0.133. The minimum Gasteiger partial charge on any atom is -0.345 e. The summed E-state index contributed by atoms with van der Waals surface area (Å²) in [6.07, 6.45) is 0. The number of carbonyl (C=O) groups excluding carboxylic acids is 1. The monoisotopic (exact) mass is 356 g/mol. The molecule has 0 aliphatic carbocycles. The van der Waals surface area contributed by atoms with Gasteiger partial charge in [0.05, 0.1) is 21.5 Å². The fourth-order valence-electron chi connectivity index (χ4n) is 1.98. The highest BCUT2D eigenvalue weighted by Gasteiger charge is 2.15. The molecule has 3 N–H and O–H groups in total. The summed E-state index contributed by atoms with van der Waals surface area (Å²) >= 11 is 5.84. The molecule has 2 aromatic rings. The van der Waals surface area contributed by atoms with Crippen molar-refractivity contribution in [3.05, 3.63) is 64.4 Å². The van der Waals surface area contributed by atoms with Gasteiger partial charge >= 0.3 is 0 Å². The number of amides is 1. The van der Waals surface area contributed by atoms with Crippen LogP contribution in [-0.4, -0.2) is 14.3 Å². The number of benzene rings is 2. The van der Waals surface area contributed by atoms with Gasteiger partial charge in [-0.1, -0.05) is 23.7 Å². The highest BCUT2D eigenvalue weighted by Crippen LogP contribution is 2.20. The molecule has 0 bridgehead atoms. The maximum atomic E-state index is 13.0. The van der Waals surface area contributed by atoms with Crippen molar-refractivity contribution >= 4 is 27.5 Å². The fourth-order valence-corrected chi connectivity index (χ4v) is 2.75. The van der Waals surface area contributed by atoms with Crippen molar-refractivity contribution in [2.45, 2.75) is 17.9 Å². The Morgan fingerprint density at radius 3 is 2.35 bits per heavy atom. The highest BCUT2D eigenvalue weighted by atomic mass is 35.5. The van der Waals surface area contributed by atoms with Crippen molar-refractivity contribution in [2.24, 2.45) is 5.14 Å². The van der Waals surface area contributed by atoms with Crippen LogP contribution in [0.5, 0.6) is 0 Å². The van der Waals surface area contributed by atoms with Crippen molar-refractivity contribution in [1.82, 2.24) is 5.32 Å². The van der Waals surface area contributed by atoms with E-state index in [-0.39, 0.29) is 15.5 Å². The van der Waals surface area contributed by atoms with E-state index in [1.54, 1.807) is 19.1 Å². The number of sulfonamides is 1. The Labute approximate surface area is 138 Å². The number of hydrogen-bond acceptors (Lipinski definition) is 3. The molecule has 0 saturated carbocycles. The van der Waals surface area contributed by atoms with Crippen LogP contribution in [0.1, 0.15) is 28.9 Å². The van der Waals surface area contributed by atoms with Gasteiger partial charge in [-0.2, -0.15) is 0 Å². The standard InChI is InChI=1S/C15H14ClFN2O3S/c1-9(10-2-5-12(6-3-10)23(18,21)22)19-15(20)13-7-4-11(17)8-14(13)16/h2-9H,1H3,(H,19,20)(H2,18,21,22). The van der Waals surface area contributed by atoms with E-state index in [1.807, 2.05) is 0 Å². The summed E-state index contributed by atoms with van der Waals surface area (Å²) in [5.74, 6) is -0.990. The lowest BCUT2D eigenvalue weighted by Crippen LogP contribution is -2.27. The van der Waals surface area contributed by atoms with Crippen LogP contribution in [0.2, 0.25) is 5.02 Å². The van der Waals surface area contributed by atoms with Crippen LogP contribution in [-0.2, 0) is 10.0 Å². The zero-order valence-electron chi connectivity index (χ0n) is 12.1. The molecular weight excluding hydrogens is 343 g/mol. The summed E-state index contributed by atoms with van der Waals surface area (Å²) in [4.78, 5) is 12.1. The van der Waals surface area contributed by atoms with E-state index in [9.17, 15) is 17.6 Å². The molecule has 1 unspecified atom stereocenters. The smallest absolute Gasteiger partial charge is 0.253 e. The maximum absolute atomic E-state index is 13.0. The van der Waals surface area contributed by atoms with E-state index in [4.69, 9.17) is 16.7 Å². The van der Waals surface area contributed by atoms with Gasteiger partial charge in [0.25, 0.3) is 5.91 Å². The first-order valence-corrected chi connectivity index (χ1v) is 8.49. The van der Waals surface area contributed by atoms with Crippen LogP contribution >= 0.6 is 11.6 Å². The second kappa shape index (κ2) is 6.66. The van der Waals surface area contributed by atoms with Gasteiger partial charge in [-0.15, -0.1) is 0 Å². The Morgan fingerprint density at radius 2 is 1.83 bits per heavy atom. The number of carbonyl (C=O) groups is 1. The molecule has 23 heavy (non-hydrogen) atoms. The molecule has 2 rings (SSSR count). The van der Waals surface area contributed by atoms with E-state index < -0.39 is 27.8 Å². The third-order valence-corrected chi connectivity index (χ3v) is 4.47. The Hall–Kier alpha value is -1.96. The number of rotatable bonds is 4. The van der Waals surface area contributed by atoms with Crippen molar-refractivity contribution in [3.8, 4) is 0 Å². The number of nitrogens with two attached hydrogens (primary N) is 1. The molecule has 5 nitrogen and oxygen atoms in total. The van der Waals surface area contributed by atoms with E-state index in [0.717, 1.165) is 12.1 Å². The van der Waals surface area contributed by atoms with Gasteiger partial charge in [0, 0.05) is 0 Å². The molecule has 0 aliphatic rings. The summed E-state index contributed by atoms with van der Waals surface area (Å²) in [7, 11) is -3.76. The lowest BCUT2D eigenvalue weighted by molar-refractivity contribution is 0.0940. The van der Waals surface area contributed by atoms with Gasteiger partial charge in [-0.3, -0.25) is 4.79 Å². The molecule has 0 fully saturated rings. The van der Waals surface area contributed by atoms with Gasteiger partial charge in [-0.05, 0) is 42.8 Å². The van der Waals surface area contributed by atoms with E-state index in [2.05, 4.69) is 5.32 Å². The van der Waals surface area contributed by atoms with Crippen molar-refractivity contribution < 1.29 is 17.6 Å². The predicted octanol–water partition coefficient (Wildman–Crippen LogP) is 2.62. The summed E-state index contributed by atoms with van der Waals surface area (Å²) in [5, 5.41) is 7.74. The molecule has 2 aromatic carbocycles. The first-order valence-electron chi connectivity index (χ1n) is 6.57. The van der Waals surface area contributed by atoms with Crippen LogP contribution in [0, 0.1) is 5.82 Å². The maximum Gasteiger partial charge on any atom is 0.253 e. The Balaban J connectivity index is 2.15. The highest BCUT2D eigenvalue weighted by molar-refractivity contribution is 7.89. The Morgan fingerprint density at radius 1 is 1.22 bits per heavy atom. The molecule has 0 aromatic heterocycles. The Bertz CT molecular complexity index is 838. The molecule has 1 amide bonds. The minimum absolute atomic E-state index is 0.0126. The molecule has 0 radical (unpaired) electrons. The lowest BCUT2D eigenvalue weighted by Gasteiger charge is -2.15. The molecule has 0 spiro atoms. The third-order valence-electron chi connectivity index (χ3n) is 3.23. The molecule has 8 heteroatoms. The van der Waals surface area contributed by atoms with Gasteiger partial charge < -0.3 is 5.32 Å². The number of nitrogens with one attached hydrogen (secondary N) is 1. The zero-order chi connectivity index (χ0) is 17.2. The van der Waals surface area contributed by atoms with Gasteiger partial charge in [0.1, 0.15) is 5.82 Å². The summed E-state index contributed by atoms with van der Waals surface area (Å²) in [5.41, 5.74) is 0.838.